The van der Waals surface area contributed by atoms with Crippen LogP contribution in [0.1, 0.15) is 27.0 Å². The number of benzene rings is 2. The molecule has 2 aliphatic heterocycles. The van der Waals surface area contributed by atoms with Gasteiger partial charge in [-0.05, 0) is 56.3 Å². The normalized spacial score (nSPS) is 16.6. The predicted octanol–water partition coefficient (Wildman–Crippen LogP) is 2.56. The van der Waals surface area contributed by atoms with Crippen LogP contribution in [0.4, 0.5) is 15.8 Å². The van der Waals surface area contributed by atoms with E-state index in [0.717, 1.165) is 60.7 Å². The first-order valence-corrected chi connectivity index (χ1v) is 14.0. The molecular weight excluding hydrogens is 499 g/mol. The minimum absolute atomic E-state index is 0.0522. The van der Waals surface area contributed by atoms with E-state index in [1.165, 1.54) is 17.0 Å². The molecule has 1 fully saturated rings. The van der Waals surface area contributed by atoms with Gasteiger partial charge in [-0.15, -0.1) is 0 Å². The van der Waals surface area contributed by atoms with Crippen molar-refractivity contribution in [2.75, 3.05) is 55.6 Å². The summed E-state index contributed by atoms with van der Waals surface area (Å²) >= 11 is 0. The van der Waals surface area contributed by atoms with Crippen LogP contribution in [-0.2, 0) is 23.0 Å². The monoisotopic (exact) mass is 528 g/mol. The lowest BCUT2D eigenvalue weighted by molar-refractivity contribution is 0.0732. The van der Waals surface area contributed by atoms with Crippen molar-refractivity contribution < 1.29 is 22.0 Å². The van der Waals surface area contributed by atoms with E-state index >= 15 is 0 Å². The largest absolute Gasteiger partial charge is 0.422 e. The summed E-state index contributed by atoms with van der Waals surface area (Å²) in [5, 5.41) is 0.874. The van der Waals surface area contributed by atoms with E-state index in [-0.39, 0.29) is 17.8 Å². The van der Waals surface area contributed by atoms with Gasteiger partial charge in [0.15, 0.2) is 0 Å². The number of nitrogens with zero attached hydrogens (tertiary/aromatic N) is 3. The molecule has 196 valence electrons. The molecule has 1 saturated heterocycles. The van der Waals surface area contributed by atoms with Crippen molar-refractivity contribution in [3.8, 4) is 0 Å². The highest BCUT2D eigenvalue weighted by Gasteiger charge is 2.28. The van der Waals surface area contributed by atoms with Crippen LogP contribution in [0, 0.1) is 12.7 Å². The number of amides is 1. The zero-order chi connectivity index (χ0) is 26.5. The molecule has 11 heteroatoms. The van der Waals surface area contributed by atoms with Crippen LogP contribution in [0.3, 0.4) is 0 Å². The summed E-state index contributed by atoms with van der Waals surface area (Å²) in [5.74, 6) is -1.30. The molecule has 2 aliphatic rings. The summed E-state index contributed by atoms with van der Waals surface area (Å²) in [6.07, 6.45) is 1.38. The average molecular weight is 529 g/mol. The van der Waals surface area contributed by atoms with Crippen molar-refractivity contribution in [1.29, 1.82) is 0 Å². The number of rotatable bonds is 4. The van der Waals surface area contributed by atoms with Crippen LogP contribution >= 0.6 is 0 Å². The van der Waals surface area contributed by atoms with Gasteiger partial charge in [-0.3, -0.25) is 9.52 Å². The van der Waals surface area contributed by atoms with Gasteiger partial charge >= 0.3 is 5.63 Å². The van der Waals surface area contributed by atoms with Gasteiger partial charge in [0.05, 0.1) is 24.1 Å². The van der Waals surface area contributed by atoms with E-state index in [1.54, 1.807) is 0 Å². The molecule has 0 atom stereocenters. The second kappa shape index (κ2) is 9.46. The Hall–Kier alpha value is -3.44. The summed E-state index contributed by atoms with van der Waals surface area (Å²) in [7, 11) is -1.56. The molecule has 0 spiro atoms. The van der Waals surface area contributed by atoms with Crippen LogP contribution in [0.15, 0.2) is 39.5 Å². The Morgan fingerprint density at radius 2 is 1.78 bits per heavy atom. The fourth-order valence-corrected chi connectivity index (χ4v) is 5.69. The fourth-order valence-electron chi connectivity index (χ4n) is 5.13. The minimum atomic E-state index is -3.66. The Balaban J connectivity index is 1.42. The van der Waals surface area contributed by atoms with E-state index in [1.807, 2.05) is 13.0 Å². The standard InChI is InChI=1S/C26H29FN4O5S/c1-16-23(30-12-10-29(2)11-13-30)7-5-19-18-8-9-31(15-20(18)26(33)36-24(16)19)25(32)17-4-6-22(21(27)14-17)28-37(3,34)35/h4-7,14,28H,8-13,15H2,1-3H3. The third kappa shape index (κ3) is 4.93. The number of likely N-dealkylation sites (N-methyl/N-ethyl adjacent to an activating group) is 1. The Labute approximate surface area is 214 Å². The van der Waals surface area contributed by atoms with Gasteiger partial charge in [0, 0.05) is 54.9 Å². The molecule has 5 rings (SSSR count). The van der Waals surface area contributed by atoms with E-state index in [0.29, 0.717) is 24.1 Å². The maximum absolute atomic E-state index is 14.4. The second-order valence-corrected chi connectivity index (χ2v) is 11.5. The van der Waals surface area contributed by atoms with Gasteiger partial charge < -0.3 is 19.1 Å². The molecule has 3 aromatic rings. The van der Waals surface area contributed by atoms with Crippen molar-refractivity contribution in [3.05, 3.63) is 68.8 Å². The van der Waals surface area contributed by atoms with Crippen molar-refractivity contribution >= 4 is 38.3 Å². The number of carbonyl (C=O) groups is 1. The topological polar surface area (TPSA) is 103 Å². The van der Waals surface area contributed by atoms with Crippen LogP contribution in [0.2, 0.25) is 0 Å². The molecule has 1 aromatic heterocycles. The maximum atomic E-state index is 14.4. The summed E-state index contributed by atoms with van der Waals surface area (Å²) in [4.78, 5) is 32.2. The summed E-state index contributed by atoms with van der Waals surface area (Å²) in [5.41, 5.74) is 3.23. The van der Waals surface area contributed by atoms with Crippen LogP contribution < -0.4 is 15.2 Å². The average Bonchev–Trinajstić information content (AvgIpc) is 2.85. The smallest absolute Gasteiger partial charge is 0.341 e. The highest BCUT2D eigenvalue weighted by Crippen LogP contribution is 2.33. The number of carbonyl (C=O) groups excluding carboxylic acids is 1. The summed E-state index contributed by atoms with van der Waals surface area (Å²) in [6.45, 7) is 6.13. The SMILES string of the molecule is Cc1c(N2CCN(C)CC2)ccc2c3c(c(=O)oc12)CN(C(=O)c1ccc(NS(C)(=O)=O)c(F)c1)CC3. The van der Waals surface area contributed by atoms with E-state index in [2.05, 4.69) is 27.6 Å². The number of hydrogen-bond donors (Lipinski definition) is 1. The maximum Gasteiger partial charge on any atom is 0.341 e. The summed E-state index contributed by atoms with van der Waals surface area (Å²) in [6, 6.07) is 7.65. The molecule has 0 saturated carbocycles. The lowest BCUT2D eigenvalue weighted by atomic mass is 9.95. The van der Waals surface area contributed by atoms with E-state index < -0.39 is 27.4 Å². The van der Waals surface area contributed by atoms with Gasteiger partial charge in [0.2, 0.25) is 10.0 Å². The molecule has 2 aromatic carbocycles. The van der Waals surface area contributed by atoms with Crippen molar-refractivity contribution in [2.24, 2.45) is 0 Å². The fraction of sp³-hybridized carbons (Fsp3) is 0.385. The van der Waals surface area contributed by atoms with Crippen molar-refractivity contribution in [1.82, 2.24) is 9.80 Å². The first kappa shape index (κ1) is 25.2. The summed E-state index contributed by atoms with van der Waals surface area (Å²) < 4.78 is 45.1. The second-order valence-electron chi connectivity index (χ2n) is 9.77. The van der Waals surface area contributed by atoms with E-state index in [4.69, 9.17) is 4.42 Å². The van der Waals surface area contributed by atoms with Crippen molar-refractivity contribution in [3.63, 3.8) is 0 Å². The number of fused-ring (bicyclic) bond motifs is 3. The van der Waals surface area contributed by atoms with Gasteiger partial charge in [-0.1, -0.05) is 0 Å². The Morgan fingerprint density at radius 1 is 1.05 bits per heavy atom. The number of nitrogens with one attached hydrogen (secondary N) is 1. The molecular formula is C26H29FN4O5S. The lowest BCUT2D eigenvalue weighted by Gasteiger charge is -2.35. The highest BCUT2D eigenvalue weighted by atomic mass is 32.2. The molecule has 0 aliphatic carbocycles. The molecule has 1 N–H and O–H groups in total. The zero-order valence-electron chi connectivity index (χ0n) is 21.0. The zero-order valence-corrected chi connectivity index (χ0v) is 21.8. The van der Waals surface area contributed by atoms with Crippen LogP contribution in [0.25, 0.3) is 11.0 Å². The third-order valence-corrected chi connectivity index (χ3v) is 7.72. The first-order chi connectivity index (χ1) is 17.5. The third-order valence-electron chi connectivity index (χ3n) is 7.13. The number of aryl methyl sites for hydroxylation is 1. The van der Waals surface area contributed by atoms with Gasteiger partial charge in [-0.2, -0.15) is 0 Å². The Bertz CT molecular complexity index is 1560. The molecule has 37 heavy (non-hydrogen) atoms. The molecule has 9 nitrogen and oxygen atoms in total. The number of sulfonamides is 1. The van der Waals surface area contributed by atoms with Crippen molar-refractivity contribution in [2.45, 2.75) is 19.9 Å². The van der Waals surface area contributed by atoms with Gasteiger partial charge in [-0.25, -0.2) is 17.6 Å². The number of hydrogen-bond acceptors (Lipinski definition) is 7. The molecule has 0 bridgehead atoms. The van der Waals surface area contributed by atoms with E-state index in [9.17, 15) is 22.4 Å². The lowest BCUT2D eigenvalue weighted by Crippen LogP contribution is -2.44. The molecule has 1 amide bonds. The Morgan fingerprint density at radius 3 is 2.46 bits per heavy atom. The quantitative estimate of drug-likeness (QED) is 0.519. The Kier molecular flexibility index (Phi) is 6.45. The number of halogens is 1. The molecule has 3 heterocycles. The predicted molar refractivity (Wildman–Crippen MR) is 140 cm³/mol. The number of anilines is 2. The van der Waals surface area contributed by atoms with Gasteiger partial charge in [0.1, 0.15) is 11.4 Å². The van der Waals surface area contributed by atoms with Crippen LogP contribution in [0.5, 0.6) is 0 Å². The number of piperazine rings is 1. The molecule has 0 unspecified atom stereocenters. The molecule has 0 radical (unpaired) electrons. The highest BCUT2D eigenvalue weighted by molar-refractivity contribution is 7.92. The van der Waals surface area contributed by atoms with Crippen LogP contribution in [-0.4, -0.2) is 70.2 Å². The van der Waals surface area contributed by atoms with Gasteiger partial charge in [0.25, 0.3) is 5.91 Å². The first-order valence-electron chi connectivity index (χ1n) is 12.1. The minimum Gasteiger partial charge on any atom is -0.422 e.